The zero-order chi connectivity index (χ0) is 45.3. The van der Waals surface area contributed by atoms with E-state index in [4.69, 9.17) is 51.4 Å². The van der Waals surface area contributed by atoms with Crippen molar-refractivity contribution in [3.8, 4) is 0 Å². The number of carbonyl (C=O) groups is 2. The summed E-state index contributed by atoms with van der Waals surface area (Å²) in [6.45, 7) is 2.01. The minimum atomic E-state index is -4.23. The summed E-state index contributed by atoms with van der Waals surface area (Å²) in [5, 5.41) is 6.26. The van der Waals surface area contributed by atoms with Crippen LogP contribution in [0.25, 0.3) is 0 Å². The van der Waals surface area contributed by atoms with Gasteiger partial charge in [0.15, 0.2) is 0 Å². The second kappa shape index (κ2) is 18.7. The fraction of sp³-hybridized carbons (Fsp3) is 0.217. The number of rotatable bonds is 10. The Morgan fingerprint density at radius 2 is 1.31 bits per heavy atom. The van der Waals surface area contributed by atoms with Crippen molar-refractivity contribution in [2.75, 3.05) is 32.3 Å². The first-order valence-electron chi connectivity index (χ1n) is 20.3. The molecule has 8 rings (SSSR count). The number of anilines is 4. The molecule has 12 nitrogen and oxygen atoms in total. The van der Waals surface area contributed by atoms with Crippen molar-refractivity contribution in [3.63, 3.8) is 0 Å². The van der Waals surface area contributed by atoms with Crippen LogP contribution in [-0.2, 0) is 31.3 Å². The van der Waals surface area contributed by atoms with Gasteiger partial charge in [-0.15, -0.1) is 0 Å². The zero-order valence-corrected chi connectivity index (χ0v) is 38.8. The summed E-state index contributed by atoms with van der Waals surface area (Å²) in [5.74, 6) is -1.96. The van der Waals surface area contributed by atoms with Crippen LogP contribution in [0.4, 0.5) is 22.7 Å². The first-order valence-corrected chi connectivity index (χ1v) is 24.7. The topological polar surface area (TPSA) is 159 Å². The highest BCUT2D eigenvalue weighted by Gasteiger charge is 2.36. The zero-order valence-electron chi connectivity index (χ0n) is 34.1. The van der Waals surface area contributed by atoms with E-state index in [2.05, 4.69) is 15.6 Å². The standard InChI is InChI=1S/C46H40Cl4N6O6S2/c1-28(29-10-3-2-4-11-29)45(57)53-31-23-41-40(51-26-31)17-5-6-20-55(41)64(61,62)34-18-19-35(39(50)25-34)36-14-9-21-56(63(59,60)33-13-7-12-30(47)22-33)42-24-32(27-52-44(36)42)54-46(58)43-37(48)15-8-16-38(43)49/h2-4,7-8,10-13,15-16,18-19,22-28,36H,5-6,9,14,17,20-21H2,1H3,(H,53,57)(H,54,58)/t28-,36?/m0/s1. The number of amides is 2. The van der Waals surface area contributed by atoms with E-state index in [1.165, 1.54) is 57.3 Å². The third-order valence-electron chi connectivity index (χ3n) is 11.3. The Morgan fingerprint density at radius 3 is 2.03 bits per heavy atom. The number of nitrogens with one attached hydrogen (secondary N) is 2. The molecule has 64 heavy (non-hydrogen) atoms. The van der Waals surface area contributed by atoms with Crippen LogP contribution in [0.15, 0.2) is 125 Å². The third kappa shape index (κ3) is 9.17. The van der Waals surface area contributed by atoms with Crippen molar-refractivity contribution in [1.82, 2.24) is 9.97 Å². The second-order valence-electron chi connectivity index (χ2n) is 15.4. The number of aryl methyl sites for hydroxylation is 1. The Hall–Kier alpha value is -5.22. The van der Waals surface area contributed by atoms with E-state index in [9.17, 15) is 26.4 Å². The van der Waals surface area contributed by atoms with Crippen LogP contribution in [0, 0.1) is 0 Å². The average molecular weight is 979 g/mol. The maximum Gasteiger partial charge on any atom is 0.264 e. The van der Waals surface area contributed by atoms with Crippen LogP contribution in [0.5, 0.6) is 0 Å². The minimum Gasteiger partial charge on any atom is -0.324 e. The lowest BCUT2D eigenvalue weighted by Gasteiger charge is -2.26. The molecule has 18 heteroatoms. The molecule has 4 aromatic carbocycles. The highest BCUT2D eigenvalue weighted by molar-refractivity contribution is 7.93. The van der Waals surface area contributed by atoms with Crippen LogP contribution in [0.2, 0.25) is 20.1 Å². The van der Waals surface area contributed by atoms with Gasteiger partial charge in [-0.1, -0.05) is 94.9 Å². The monoisotopic (exact) mass is 976 g/mol. The van der Waals surface area contributed by atoms with Crippen molar-refractivity contribution in [1.29, 1.82) is 0 Å². The highest BCUT2D eigenvalue weighted by Crippen LogP contribution is 2.44. The SMILES string of the molecule is C[C@H](C(=O)Nc1cnc2c(c1)N(S(=O)(=O)c1ccc(C3CCCN(S(=O)(=O)c4cccc(Cl)c4)c4cc(NC(=O)c5c(Cl)cccc5Cl)cnc43)c(Cl)c1)CCCC2)c1ccccc1. The van der Waals surface area contributed by atoms with Gasteiger partial charge in [-0.2, -0.15) is 0 Å². The maximum absolute atomic E-state index is 14.6. The van der Waals surface area contributed by atoms with Crippen molar-refractivity contribution >= 4 is 101 Å². The molecule has 1 unspecified atom stereocenters. The molecule has 0 radical (unpaired) electrons. The molecule has 2 aliphatic heterocycles. The van der Waals surface area contributed by atoms with Crippen LogP contribution in [-0.4, -0.2) is 51.7 Å². The lowest BCUT2D eigenvalue weighted by molar-refractivity contribution is -0.117. The largest absolute Gasteiger partial charge is 0.324 e. The number of halogens is 4. The third-order valence-corrected chi connectivity index (χ3v) is 16.1. The molecule has 2 aromatic heterocycles. The van der Waals surface area contributed by atoms with Gasteiger partial charge in [0.05, 0.1) is 77.8 Å². The van der Waals surface area contributed by atoms with E-state index in [1.54, 1.807) is 43.5 Å². The molecule has 0 bridgehead atoms. The molecule has 0 saturated carbocycles. The van der Waals surface area contributed by atoms with Gasteiger partial charge < -0.3 is 10.6 Å². The number of fused-ring (bicyclic) bond motifs is 2. The number of carbonyl (C=O) groups excluding carboxylic acids is 2. The molecule has 2 aliphatic rings. The van der Waals surface area contributed by atoms with E-state index < -0.39 is 37.8 Å². The highest BCUT2D eigenvalue weighted by atomic mass is 35.5. The van der Waals surface area contributed by atoms with Crippen molar-refractivity contribution in [3.05, 3.63) is 164 Å². The molecule has 0 aliphatic carbocycles. The van der Waals surface area contributed by atoms with Crippen LogP contribution >= 0.6 is 46.4 Å². The lowest BCUT2D eigenvalue weighted by Crippen LogP contribution is -2.32. The van der Waals surface area contributed by atoms with E-state index in [1.807, 2.05) is 30.3 Å². The average Bonchev–Trinajstić information content (AvgIpc) is 3.61. The normalized spacial score (nSPS) is 15.9. The fourth-order valence-electron chi connectivity index (χ4n) is 8.01. The summed E-state index contributed by atoms with van der Waals surface area (Å²) < 4.78 is 60.5. The molecule has 330 valence electrons. The summed E-state index contributed by atoms with van der Waals surface area (Å²) in [7, 11) is -8.46. The number of hydrogen-bond donors (Lipinski definition) is 2. The molecular weight excluding hydrogens is 938 g/mol. The molecule has 0 spiro atoms. The Bertz CT molecular complexity index is 3000. The van der Waals surface area contributed by atoms with Gasteiger partial charge in [0, 0.05) is 29.1 Å². The Kier molecular flexibility index (Phi) is 13.3. The van der Waals surface area contributed by atoms with Crippen LogP contribution in [0.3, 0.4) is 0 Å². The first-order chi connectivity index (χ1) is 30.6. The Morgan fingerprint density at radius 1 is 0.672 bits per heavy atom. The van der Waals surface area contributed by atoms with Gasteiger partial charge in [0.2, 0.25) is 5.91 Å². The summed E-state index contributed by atoms with van der Waals surface area (Å²) in [6, 6.07) is 27.6. The first kappa shape index (κ1) is 45.4. The molecular formula is C46H40Cl4N6O6S2. The number of nitrogens with zero attached hydrogens (tertiary/aromatic N) is 4. The molecule has 4 heterocycles. The number of hydrogen-bond acceptors (Lipinski definition) is 8. The van der Waals surface area contributed by atoms with Gasteiger partial charge in [-0.25, -0.2) is 16.8 Å². The van der Waals surface area contributed by atoms with Gasteiger partial charge in [-0.3, -0.25) is 28.2 Å². The van der Waals surface area contributed by atoms with Gasteiger partial charge in [0.25, 0.3) is 26.0 Å². The maximum atomic E-state index is 14.6. The molecule has 2 amide bonds. The molecule has 0 saturated heterocycles. The van der Waals surface area contributed by atoms with Gasteiger partial charge >= 0.3 is 0 Å². The second-order valence-corrected chi connectivity index (χ2v) is 20.8. The smallest absolute Gasteiger partial charge is 0.264 e. The summed E-state index contributed by atoms with van der Waals surface area (Å²) in [6.07, 6.45) is 5.52. The molecule has 6 aromatic rings. The van der Waals surface area contributed by atoms with Crippen LogP contribution in [0.1, 0.15) is 77.3 Å². The molecule has 2 atom stereocenters. The summed E-state index contributed by atoms with van der Waals surface area (Å²) >= 11 is 26.0. The Balaban J connectivity index is 1.13. The number of aromatic nitrogens is 2. The lowest BCUT2D eigenvalue weighted by atomic mass is 9.90. The fourth-order valence-corrected chi connectivity index (χ4v) is 12.3. The van der Waals surface area contributed by atoms with Crippen molar-refractivity contribution in [2.24, 2.45) is 0 Å². The minimum absolute atomic E-state index is 0.0319. The molecule has 0 fully saturated rings. The van der Waals surface area contributed by atoms with Crippen LogP contribution < -0.4 is 19.2 Å². The Labute approximate surface area is 391 Å². The molecule has 2 N–H and O–H groups in total. The summed E-state index contributed by atoms with van der Waals surface area (Å²) in [5.41, 5.74) is 3.38. The van der Waals surface area contributed by atoms with Gasteiger partial charge in [-0.05, 0) is 105 Å². The van der Waals surface area contributed by atoms with Gasteiger partial charge in [0.1, 0.15) is 0 Å². The predicted molar refractivity (Wildman–Crippen MR) is 252 cm³/mol. The van der Waals surface area contributed by atoms with E-state index in [0.717, 1.165) is 5.56 Å². The number of pyridine rings is 2. The summed E-state index contributed by atoms with van der Waals surface area (Å²) in [4.78, 5) is 36.0. The van der Waals surface area contributed by atoms with E-state index in [0.29, 0.717) is 60.4 Å². The van der Waals surface area contributed by atoms with Crippen molar-refractivity contribution in [2.45, 2.75) is 60.7 Å². The van der Waals surface area contributed by atoms with E-state index >= 15 is 0 Å². The number of sulfonamides is 2. The predicted octanol–water partition coefficient (Wildman–Crippen LogP) is 10.7. The quantitative estimate of drug-likeness (QED) is 0.137. The van der Waals surface area contributed by atoms with Crippen molar-refractivity contribution < 1.29 is 26.4 Å². The number of benzene rings is 4. The van der Waals surface area contributed by atoms with E-state index in [-0.39, 0.29) is 65.8 Å².